The van der Waals surface area contributed by atoms with Crippen LogP contribution >= 0.6 is 0 Å². The van der Waals surface area contributed by atoms with E-state index >= 15 is 0 Å². The number of allylic oxidation sites excluding steroid dienone is 3. The molecule has 0 unspecified atom stereocenters. The van der Waals surface area contributed by atoms with Crippen LogP contribution < -0.4 is 0 Å². The Balaban J connectivity index is 0.00000265. The molecule has 0 radical (unpaired) electrons. The summed E-state index contributed by atoms with van der Waals surface area (Å²) in [6, 6.07) is 6.79. The second-order valence-electron chi connectivity index (χ2n) is 8.73. The lowest BCUT2D eigenvalue weighted by Crippen LogP contribution is -2.28. The molecule has 1 aromatic carbocycles. The van der Waals surface area contributed by atoms with Crippen LogP contribution in [0.4, 0.5) is 4.39 Å². The normalized spacial score (nSPS) is 11.8. The van der Waals surface area contributed by atoms with Crippen LogP contribution in [0.3, 0.4) is 0 Å². The van der Waals surface area contributed by atoms with Gasteiger partial charge in [-0.15, -0.1) is 6.58 Å². The van der Waals surface area contributed by atoms with Crippen molar-refractivity contribution >= 4 is 6.08 Å². The van der Waals surface area contributed by atoms with E-state index in [-0.39, 0.29) is 17.2 Å². The summed E-state index contributed by atoms with van der Waals surface area (Å²) in [6.45, 7) is 21.6. The molecule has 180 valence electrons. The molecule has 1 heterocycles. The van der Waals surface area contributed by atoms with Gasteiger partial charge in [0.05, 0.1) is 18.9 Å². The van der Waals surface area contributed by atoms with Gasteiger partial charge in [-0.3, -0.25) is 4.98 Å². The van der Waals surface area contributed by atoms with Crippen molar-refractivity contribution in [2.75, 3.05) is 13.2 Å². The van der Waals surface area contributed by atoms with Crippen molar-refractivity contribution in [2.24, 2.45) is 0 Å². The molecule has 0 aliphatic rings. The fourth-order valence-electron chi connectivity index (χ4n) is 3.94. The van der Waals surface area contributed by atoms with Crippen LogP contribution in [0.5, 0.6) is 0 Å². The molecule has 33 heavy (non-hydrogen) atoms. The number of rotatable bonds is 10. The Kier molecular flexibility index (Phi) is 12.0. The highest BCUT2D eigenvalue weighted by molar-refractivity contribution is 5.81. The van der Waals surface area contributed by atoms with Gasteiger partial charge in [0.25, 0.3) is 0 Å². The van der Waals surface area contributed by atoms with Crippen LogP contribution in [0.1, 0.15) is 83.8 Å². The summed E-state index contributed by atoms with van der Waals surface area (Å²) >= 11 is 0. The first-order chi connectivity index (χ1) is 15.8. The molecule has 0 saturated carbocycles. The van der Waals surface area contributed by atoms with E-state index in [1.54, 1.807) is 6.08 Å². The van der Waals surface area contributed by atoms with Crippen LogP contribution in [-0.2, 0) is 16.6 Å². The number of ether oxygens (including phenoxy) is 1. The zero-order valence-electron chi connectivity index (χ0n) is 21.8. The highest BCUT2D eigenvalue weighted by atomic mass is 19.1. The lowest BCUT2D eigenvalue weighted by atomic mass is 9.76. The molecular formula is C30H42FNO. The quantitative estimate of drug-likeness (QED) is 0.266. The number of hydrogen-bond acceptors (Lipinski definition) is 2. The van der Waals surface area contributed by atoms with Crippen molar-refractivity contribution in [3.05, 3.63) is 83.5 Å². The molecule has 0 fully saturated rings. The van der Waals surface area contributed by atoms with Gasteiger partial charge in [0.2, 0.25) is 0 Å². The fraction of sp³-hybridized carbons (Fsp3) is 0.433. The molecular weight excluding hydrogens is 409 g/mol. The lowest BCUT2D eigenvalue weighted by Gasteiger charge is -2.32. The molecule has 2 aromatic rings. The monoisotopic (exact) mass is 451 g/mol. The van der Waals surface area contributed by atoms with Gasteiger partial charge >= 0.3 is 0 Å². The van der Waals surface area contributed by atoms with Crippen LogP contribution in [0.2, 0.25) is 0 Å². The number of halogens is 1. The number of hydrogen-bond donors (Lipinski definition) is 0. The minimum absolute atomic E-state index is 0.237. The van der Waals surface area contributed by atoms with Crippen molar-refractivity contribution < 1.29 is 9.13 Å². The number of aromatic nitrogens is 1. The predicted octanol–water partition coefficient (Wildman–Crippen LogP) is 8.67. The average Bonchev–Trinajstić information content (AvgIpc) is 2.79. The van der Waals surface area contributed by atoms with Crippen molar-refractivity contribution in [3.63, 3.8) is 0 Å². The van der Waals surface area contributed by atoms with Crippen molar-refractivity contribution in [2.45, 2.75) is 73.1 Å². The Hall–Kier alpha value is -2.52. The molecule has 0 aliphatic heterocycles. The van der Waals surface area contributed by atoms with E-state index in [1.807, 2.05) is 45.9 Å². The Labute approximate surface area is 201 Å². The third-order valence-electron chi connectivity index (χ3n) is 5.27. The summed E-state index contributed by atoms with van der Waals surface area (Å²) in [5, 5.41) is 0. The summed E-state index contributed by atoms with van der Waals surface area (Å²) in [7, 11) is 0. The highest BCUT2D eigenvalue weighted by Crippen LogP contribution is 2.41. The first-order valence-corrected chi connectivity index (χ1v) is 12.0. The summed E-state index contributed by atoms with van der Waals surface area (Å²) in [5.74, 6) is 0.0164. The van der Waals surface area contributed by atoms with E-state index in [4.69, 9.17) is 9.72 Å². The molecule has 2 nitrogen and oxygen atoms in total. The van der Waals surface area contributed by atoms with E-state index in [0.717, 1.165) is 40.1 Å². The van der Waals surface area contributed by atoms with Crippen molar-refractivity contribution in [1.82, 2.24) is 4.98 Å². The number of nitrogens with zero attached hydrogens (tertiary/aromatic N) is 1. The topological polar surface area (TPSA) is 22.1 Å². The molecule has 0 bridgehead atoms. The Morgan fingerprint density at radius 3 is 2.24 bits per heavy atom. The zero-order valence-corrected chi connectivity index (χ0v) is 21.8. The molecule has 1 aromatic heterocycles. The van der Waals surface area contributed by atoms with Crippen LogP contribution in [0, 0.1) is 5.82 Å². The predicted molar refractivity (Wildman–Crippen MR) is 142 cm³/mol. The Bertz CT molecular complexity index is 937. The summed E-state index contributed by atoms with van der Waals surface area (Å²) in [4.78, 5) is 5.17. The van der Waals surface area contributed by atoms with Gasteiger partial charge in [-0.25, -0.2) is 4.39 Å². The first kappa shape index (κ1) is 28.5. The van der Waals surface area contributed by atoms with Gasteiger partial charge < -0.3 is 4.74 Å². The highest BCUT2D eigenvalue weighted by Gasteiger charge is 2.31. The second-order valence-corrected chi connectivity index (χ2v) is 8.73. The molecule has 0 spiro atoms. The van der Waals surface area contributed by atoms with E-state index in [9.17, 15) is 4.39 Å². The summed E-state index contributed by atoms with van der Waals surface area (Å²) in [6.07, 6.45) is 10.9. The maximum atomic E-state index is 13.8. The maximum Gasteiger partial charge on any atom is 0.123 e. The average molecular weight is 452 g/mol. The van der Waals surface area contributed by atoms with Crippen LogP contribution in [-0.4, -0.2) is 18.2 Å². The van der Waals surface area contributed by atoms with Gasteiger partial charge in [-0.1, -0.05) is 84.1 Å². The molecule has 0 N–H and O–H groups in total. The van der Waals surface area contributed by atoms with E-state index in [0.29, 0.717) is 13.2 Å². The van der Waals surface area contributed by atoms with Gasteiger partial charge in [0.1, 0.15) is 5.82 Å². The lowest BCUT2D eigenvalue weighted by molar-refractivity contribution is 0.117. The summed E-state index contributed by atoms with van der Waals surface area (Å²) < 4.78 is 19.7. The maximum absolute atomic E-state index is 13.8. The molecule has 0 saturated heterocycles. The van der Waals surface area contributed by atoms with Gasteiger partial charge in [0, 0.05) is 23.1 Å². The third-order valence-corrected chi connectivity index (χ3v) is 5.27. The largest absolute Gasteiger partial charge is 0.377 e. The van der Waals surface area contributed by atoms with Gasteiger partial charge in [-0.2, -0.15) is 0 Å². The van der Waals surface area contributed by atoms with Crippen LogP contribution in [0.15, 0.2) is 55.1 Å². The molecule has 3 heteroatoms. The van der Waals surface area contributed by atoms with Gasteiger partial charge in [0.15, 0.2) is 0 Å². The van der Waals surface area contributed by atoms with Crippen LogP contribution in [0.25, 0.3) is 17.2 Å². The van der Waals surface area contributed by atoms with E-state index in [2.05, 4.69) is 52.5 Å². The molecule has 0 atom stereocenters. The molecule has 0 aliphatic carbocycles. The number of pyridine rings is 1. The minimum atomic E-state index is -0.303. The second kappa shape index (κ2) is 13.9. The zero-order chi connectivity index (χ0) is 25.0. The van der Waals surface area contributed by atoms with E-state index in [1.165, 1.54) is 12.1 Å². The first-order valence-electron chi connectivity index (χ1n) is 12.0. The van der Waals surface area contributed by atoms with Crippen molar-refractivity contribution in [3.8, 4) is 11.1 Å². The minimum Gasteiger partial charge on any atom is -0.377 e. The SMILES string of the molecule is C=CCOCC(C)(C)c1c(C/C=C\C)nc(C(C)C)c(/C=C/C)c1-c1ccc(F)cc1.CC. The summed E-state index contributed by atoms with van der Waals surface area (Å²) in [5.41, 5.74) is 6.16. The Morgan fingerprint density at radius 2 is 1.73 bits per heavy atom. The standard InChI is InChI=1S/C28H36FNO.C2H6/c1-8-11-13-24-26(28(6,7)19-31-18-10-3)25(21-14-16-22(29)17-15-21)23(12-9-2)27(30-24)20(4)5;1-2/h8-12,14-17,20H,3,13,18-19H2,1-2,4-7H3;1-2H3/b11-8-,12-9+;. The molecule has 2 rings (SSSR count). The fourth-order valence-corrected chi connectivity index (χ4v) is 3.94. The van der Waals surface area contributed by atoms with E-state index < -0.39 is 0 Å². The number of benzene rings is 1. The third kappa shape index (κ3) is 7.50. The Morgan fingerprint density at radius 1 is 1.09 bits per heavy atom. The smallest absolute Gasteiger partial charge is 0.123 e. The van der Waals surface area contributed by atoms with Gasteiger partial charge in [-0.05, 0) is 48.6 Å². The van der Waals surface area contributed by atoms with Crippen molar-refractivity contribution in [1.29, 1.82) is 0 Å². The molecule has 0 amide bonds.